The second-order valence-corrected chi connectivity index (χ2v) is 5.45. The zero-order valence-electron chi connectivity index (χ0n) is 8.83. The molecule has 0 aliphatic carbocycles. The Hall–Kier alpha value is 0.0300. The largest absolute Gasteiger partial charge is 0.405 e. The van der Waals surface area contributed by atoms with E-state index in [2.05, 4.69) is 0 Å². The summed E-state index contributed by atoms with van der Waals surface area (Å²) in [7, 11) is -2.32. The second-order valence-electron chi connectivity index (χ2n) is 3.53. The molecule has 7 heteroatoms. The van der Waals surface area contributed by atoms with Crippen LogP contribution in [-0.2, 0) is 13.8 Å². The van der Waals surface area contributed by atoms with E-state index in [4.69, 9.17) is 14.4 Å². The first-order valence-corrected chi connectivity index (χ1v) is 6.50. The second kappa shape index (κ2) is 5.94. The van der Waals surface area contributed by atoms with Gasteiger partial charge in [0.2, 0.25) is 0 Å². The highest BCUT2D eigenvalue weighted by atomic mass is 31.2. The van der Waals surface area contributed by atoms with Gasteiger partial charge in [-0.25, -0.2) is 9.24 Å². The molecule has 0 aromatic carbocycles. The van der Waals surface area contributed by atoms with Crippen molar-refractivity contribution in [2.75, 3.05) is 33.4 Å². The molecule has 2 atom stereocenters. The lowest BCUT2D eigenvalue weighted by molar-refractivity contribution is 0.0572. The van der Waals surface area contributed by atoms with Crippen LogP contribution in [0.25, 0.3) is 0 Å². The highest BCUT2D eigenvalue weighted by molar-refractivity contribution is 7.50. The molecule has 1 saturated heterocycles. The van der Waals surface area contributed by atoms with Crippen molar-refractivity contribution in [2.45, 2.75) is 18.9 Å². The van der Waals surface area contributed by atoms with E-state index >= 15 is 0 Å². The molecule has 0 radical (unpaired) electrons. The van der Waals surface area contributed by atoms with Gasteiger partial charge in [0, 0.05) is 13.2 Å². The third-order valence-electron chi connectivity index (χ3n) is 2.31. The van der Waals surface area contributed by atoms with Crippen LogP contribution in [0.15, 0.2) is 0 Å². The van der Waals surface area contributed by atoms with Crippen LogP contribution in [0.4, 0.5) is 0 Å². The van der Waals surface area contributed by atoms with Crippen molar-refractivity contribution in [3.63, 3.8) is 0 Å². The Morgan fingerprint density at radius 2 is 2.40 bits per heavy atom. The van der Waals surface area contributed by atoms with Crippen molar-refractivity contribution in [3.8, 4) is 0 Å². The van der Waals surface area contributed by atoms with E-state index in [0.29, 0.717) is 6.61 Å². The molecular weight excluding hydrogens is 221 g/mol. The topological polar surface area (TPSA) is 79.2 Å². The molecule has 1 aliphatic heterocycles. The number of hydrogen-bond acceptors (Lipinski definition) is 4. The molecule has 0 spiro atoms. The molecule has 0 aromatic heterocycles. The maximum Gasteiger partial charge on any atom is 0.405 e. The molecule has 1 aliphatic rings. The fourth-order valence-corrected chi connectivity index (χ4v) is 2.23. The van der Waals surface area contributed by atoms with Gasteiger partial charge >= 0.3 is 7.75 Å². The highest BCUT2D eigenvalue weighted by Crippen LogP contribution is 2.45. The highest BCUT2D eigenvalue weighted by Gasteiger charge is 2.28. The zero-order chi connectivity index (χ0) is 11.3. The first-order chi connectivity index (χ1) is 7.06. The van der Waals surface area contributed by atoms with Crippen molar-refractivity contribution < 1.29 is 23.8 Å². The molecule has 2 unspecified atom stereocenters. The number of likely N-dealkylation sites (N-methyl/N-ethyl adjacent to an activating group) is 1. The first-order valence-electron chi connectivity index (χ1n) is 4.97. The monoisotopic (exact) mass is 239 g/mol. The Bertz CT molecular complexity index is 231. The summed E-state index contributed by atoms with van der Waals surface area (Å²) in [4.78, 5) is 9.47. The lowest BCUT2D eigenvalue weighted by atomic mass is 10.2. The minimum Gasteiger partial charge on any atom is -0.395 e. The minimum atomic E-state index is -3.76. The summed E-state index contributed by atoms with van der Waals surface area (Å²) < 4.78 is 22.9. The predicted molar refractivity (Wildman–Crippen MR) is 54.5 cm³/mol. The number of aliphatic hydroxyl groups is 1. The molecular formula is C8H18NO5P. The molecule has 0 amide bonds. The van der Waals surface area contributed by atoms with Crippen molar-refractivity contribution in [2.24, 2.45) is 0 Å². The van der Waals surface area contributed by atoms with Crippen LogP contribution in [0.5, 0.6) is 0 Å². The van der Waals surface area contributed by atoms with E-state index in [-0.39, 0.29) is 25.9 Å². The number of hydrogen-bond donors (Lipinski definition) is 2. The fourth-order valence-electron chi connectivity index (χ4n) is 1.33. The fraction of sp³-hybridized carbons (Fsp3) is 1.00. The maximum atomic E-state index is 11.6. The molecule has 0 bridgehead atoms. The average Bonchev–Trinajstić information content (AvgIpc) is 2.68. The summed E-state index contributed by atoms with van der Waals surface area (Å²) in [5.74, 6) is 0. The third-order valence-corrected chi connectivity index (χ3v) is 3.86. The lowest BCUT2D eigenvalue weighted by Gasteiger charge is -2.22. The first kappa shape index (κ1) is 13.1. The van der Waals surface area contributed by atoms with E-state index in [9.17, 15) is 9.46 Å². The van der Waals surface area contributed by atoms with Crippen LogP contribution < -0.4 is 0 Å². The normalized spacial score (nSPS) is 25.7. The summed E-state index contributed by atoms with van der Waals surface area (Å²) in [5, 5.41) is 8.63. The molecule has 2 N–H and O–H groups in total. The van der Waals surface area contributed by atoms with Crippen LogP contribution in [-0.4, -0.2) is 54.2 Å². The molecule has 1 fully saturated rings. The molecule has 1 heterocycles. The van der Waals surface area contributed by atoms with Gasteiger partial charge in [-0.1, -0.05) is 0 Å². The number of nitrogens with zero attached hydrogens (tertiary/aromatic N) is 1. The maximum absolute atomic E-state index is 11.6. The Morgan fingerprint density at radius 1 is 1.67 bits per heavy atom. The lowest BCUT2D eigenvalue weighted by Crippen LogP contribution is -2.23. The van der Waals surface area contributed by atoms with Crippen molar-refractivity contribution in [3.05, 3.63) is 0 Å². The van der Waals surface area contributed by atoms with Gasteiger partial charge < -0.3 is 14.7 Å². The van der Waals surface area contributed by atoms with E-state index in [1.165, 1.54) is 7.05 Å². The van der Waals surface area contributed by atoms with Gasteiger partial charge in [-0.05, 0) is 19.9 Å². The quantitative estimate of drug-likeness (QED) is 0.645. The van der Waals surface area contributed by atoms with Gasteiger partial charge in [0.25, 0.3) is 0 Å². The Kier molecular flexibility index (Phi) is 5.18. The SMILES string of the molecule is CN(CCO)P(=O)(O)OCC1CCCO1. The number of ether oxygens (including phenoxy) is 1. The standard InChI is InChI=1S/C8H18NO5P/c1-9(4-5-10)15(11,12)14-7-8-3-2-6-13-8/h8,10H,2-7H2,1H3,(H,11,12). The van der Waals surface area contributed by atoms with Gasteiger partial charge in [-0.2, -0.15) is 0 Å². The predicted octanol–water partition coefficient (Wildman–Crippen LogP) is 0.206. The summed E-state index contributed by atoms with van der Waals surface area (Å²) in [6, 6.07) is 0. The summed E-state index contributed by atoms with van der Waals surface area (Å²) in [5.41, 5.74) is 0. The van der Waals surface area contributed by atoms with Crippen molar-refractivity contribution in [1.82, 2.24) is 4.67 Å². The Labute approximate surface area is 89.4 Å². The Morgan fingerprint density at radius 3 is 2.93 bits per heavy atom. The third kappa shape index (κ3) is 4.18. The smallest absolute Gasteiger partial charge is 0.395 e. The zero-order valence-corrected chi connectivity index (χ0v) is 9.73. The summed E-state index contributed by atoms with van der Waals surface area (Å²) >= 11 is 0. The summed E-state index contributed by atoms with van der Waals surface area (Å²) in [6.07, 6.45) is 1.76. The van der Waals surface area contributed by atoms with E-state index in [1.54, 1.807) is 0 Å². The summed E-state index contributed by atoms with van der Waals surface area (Å²) in [6.45, 7) is 0.753. The van der Waals surface area contributed by atoms with Gasteiger partial charge in [0.1, 0.15) is 0 Å². The van der Waals surface area contributed by atoms with Crippen LogP contribution in [0.1, 0.15) is 12.8 Å². The van der Waals surface area contributed by atoms with Crippen LogP contribution in [0.2, 0.25) is 0 Å². The number of rotatable bonds is 6. The molecule has 6 nitrogen and oxygen atoms in total. The van der Waals surface area contributed by atoms with Crippen LogP contribution >= 0.6 is 7.75 Å². The molecule has 1 rings (SSSR count). The van der Waals surface area contributed by atoms with Crippen LogP contribution in [0, 0.1) is 0 Å². The minimum absolute atomic E-state index is 0.0759. The average molecular weight is 239 g/mol. The van der Waals surface area contributed by atoms with Crippen LogP contribution in [0.3, 0.4) is 0 Å². The number of aliphatic hydroxyl groups excluding tert-OH is 1. The van der Waals surface area contributed by atoms with Gasteiger partial charge in [-0.15, -0.1) is 0 Å². The van der Waals surface area contributed by atoms with E-state index < -0.39 is 7.75 Å². The van der Waals surface area contributed by atoms with Crippen molar-refractivity contribution in [1.29, 1.82) is 0 Å². The van der Waals surface area contributed by atoms with Gasteiger partial charge in [0.15, 0.2) is 0 Å². The molecule has 90 valence electrons. The Balaban J connectivity index is 2.31. The molecule has 15 heavy (non-hydrogen) atoms. The van der Waals surface area contributed by atoms with E-state index in [0.717, 1.165) is 17.5 Å². The van der Waals surface area contributed by atoms with E-state index in [1.807, 2.05) is 0 Å². The van der Waals surface area contributed by atoms with Gasteiger partial charge in [0.05, 0.1) is 19.3 Å². The van der Waals surface area contributed by atoms with Gasteiger partial charge in [-0.3, -0.25) is 4.52 Å². The molecule has 0 aromatic rings. The van der Waals surface area contributed by atoms with Crippen molar-refractivity contribution >= 4 is 7.75 Å². The molecule has 0 saturated carbocycles.